The van der Waals surface area contributed by atoms with Gasteiger partial charge in [-0.2, -0.15) is 0 Å². The lowest BCUT2D eigenvalue weighted by Crippen LogP contribution is -2.27. The normalized spacial score (nSPS) is 16.2. The fourth-order valence-corrected chi connectivity index (χ4v) is 2.34. The van der Waals surface area contributed by atoms with E-state index in [-0.39, 0.29) is 0 Å². The summed E-state index contributed by atoms with van der Waals surface area (Å²) in [6, 6.07) is 0. The van der Waals surface area contributed by atoms with Crippen LogP contribution in [0.1, 0.15) is 35.8 Å². The highest BCUT2D eigenvalue weighted by molar-refractivity contribution is 5.32. The minimum Gasteiger partial charge on any atom is -0.363 e. The van der Waals surface area contributed by atoms with Crippen LogP contribution < -0.4 is 10.6 Å². The zero-order valence-electron chi connectivity index (χ0n) is 11.5. The van der Waals surface area contributed by atoms with Crippen LogP contribution in [0.25, 0.3) is 0 Å². The van der Waals surface area contributed by atoms with Gasteiger partial charge in [0.05, 0.1) is 24.6 Å². The molecule has 106 valence electrons. The van der Waals surface area contributed by atoms with E-state index in [9.17, 15) is 0 Å². The second-order valence-electron chi connectivity index (χ2n) is 5.00. The van der Waals surface area contributed by atoms with Gasteiger partial charge in [-0.05, 0) is 32.9 Å². The molecule has 2 aromatic heterocycles. The summed E-state index contributed by atoms with van der Waals surface area (Å²) in [5.74, 6) is 1.27. The fraction of sp³-hybridized carbons (Fsp3) is 0.538. The van der Waals surface area contributed by atoms with E-state index in [4.69, 9.17) is 0 Å². The van der Waals surface area contributed by atoms with Crippen molar-refractivity contribution < 1.29 is 4.63 Å². The molecule has 7 heteroatoms. The lowest BCUT2D eigenvalue weighted by Gasteiger charge is -2.21. The highest BCUT2D eigenvalue weighted by Crippen LogP contribution is 2.23. The summed E-state index contributed by atoms with van der Waals surface area (Å²) < 4.78 is 4.65. The van der Waals surface area contributed by atoms with E-state index in [1.54, 1.807) is 6.20 Å². The van der Waals surface area contributed by atoms with Crippen molar-refractivity contribution in [3.05, 3.63) is 29.5 Å². The number of aryl methyl sites for hydroxylation is 1. The van der Waals surface area contributed by atoms with E-state index in [1.165, 1.54) is 0 Å². The number of rotatable bonds is 4. The molecule has 3 rings (SSSR count). The summed E-state index contributed by atoms with van der Waals surface area (Å²) in [6.07, 6.45) is 5.91. The average Bonchev–Trinajstić information content (AvgIpc) is 2.92. The van der Waals surface area contributed by atoms with Crippen LogP contribution >= 0.6 is 0 Å². The Kier molecular flexibility index (Phi) is 3.87. The van der Waals surface area contributed by atoms with Gasteiger partial charge in [-0.15, -0.1) is 0 Å². The Morgan fingerprint density at radius 3 is 2.75 bits per heavy atom. The second kappa shape index (κ2) is 5.96. The maximum Gasteiger partial charge on any atom is 0.144 e. The van der Waals surface area contributed by atoms with Crippen molar-refractivity contribution in [2.24, 2.45) is 0 Å². The fourth-order valence-electron chi connectivity index (χ4n) is 2.34. The van der Waals surface area contributed by atoms with Gasteiger partial charge >= 0.3 is 0 Å². The van der Waals surface area contributed by atoms with E-state index in [0.29, 0.717) is 12.5 Å². The quantitative estimate of drug-likeness (QED) is 0.867. The molecule has 0 aromatic carbocycles. The van der Waals surface area contributed by atoms with Crippen molar-refractivity contribution >= 4 is 5.82 Å². The molecule has 1 fully saturated rings. The lowest BCUT2D eigenvalue weighted by molar-refractivity contribution is 0.301. The van der Waals surface area contributed by atoms with Crippen LogP contribution in [0, 0.1) is 6.92 Å². The molecule has 1 saturated heterocycles. The molecule has 2 N–H and O–H groups in total. The molecule has 7 nitrogen and oxygen atoms in total. The molecule has 0 unspecified atom stereocenters. The number of piperidine rings is 1. The van der Waals surface area contributed by atoms with Crippen molar-refractivity contribution in [3.8, 4) is 0 Å². The largest absolute Gasteiger partial charge is 0.363 e. The van der Waals surface area contributed by atoms with Gasteiger partial charge in [-0.25, -0.2) is 9.61 Å². The zero-order valence-corrected chi connectivity index (χ0v) is 11.5. The van der Waals surface area contributed by atoms with Crippen molar-refractivity contribution in [1.82, 2.24) is 25.6 Å². The van der Waals surface area contributed by atoms with E-state index < -0.39 is 0 Å². The van der Waals surface area contributed by atoms with Gasteiger partial charge in [0.2, 0.25) is 0 Å². The minimum absolute atomic E-state index is 0.528. The summed E-state index contributed by atoms with van der Waals surface area (Å²) >= 11 is 0. The Morgan fingerprint density at radius 2 is 2.10 bits per heavy atom. The monoisotopic (exact) mass is 274 g/mol. The molecular weight excluding hydrogens is 256 g/mol. The molecule has 1 aliphatic rings. The SMILES string of the molecule is Cc1nonc1CNc1cnc(C2CCNCC2)cn1. The lowest BCUT2D eigenvalue weighted by atomic mass is 9.95. The maximum absolute atomic E-state index is 4.65. The molecule has 1 aliphatic heterocycles. The molecule has 20 heavy (non-hydrogen) atoms. The first kappa shape index (κ1) is 13.0. The minimum atomic E-state index is 0.528. The molecule has 0 aliphatic carbocycles. The molecule has 3 heterocycles. The Balaban J connectivity index is 1.59. The Labute approximate surface area is 117 Å². The highest BCUT2D eigenvalue weighted by Gasteiger charge is 2.16. The summed E-state index contributed by atoms with van der Waals surface area (Å²) in [5, 5.41) is 14.1. The van der Waals surface area contributed by atoms with Crippen LogP contribution in [-0.2, 0) is 6.54 Å². The number of hydrogen-bond acceptors (Lipinski definition) is 7. The first-order valence-electron chi connectivity index (χ1n) is 6.87. The molecule has 0 atom stereocenters. The zero-order chi connectivity index (χ0) is 13.8. The van der Waals surface area contributed by atoms with E-state index in [0.717, 1.165) is 48.8 Å². The number of aromatic nitrogens is 4. The van der Waals surface area contributed by atoms with Gasteiger partial charge in [-0.3, -0.25) is 4.98 Å². The van der Waals surface area contributed by atoms with Crippen LogP contribution in [0.3, 0.4) is 0 Å². The first-order chi connectivity index (χ1) is 9.83. The summed E-state index contributed by atoms with van der Waals surface area (Å²) in [5.41, 5.74) is 2.65. The predicted molar refractivity (Wildman–Crippen MR) is 73.2 cm³/mol. The van der Waals surface area contributed by atoms with Crippen LogP contribution in [0.15, 0.2) is 17.0 Å². The van der Waals surface area contributed by atoms with Gasteiger partial charge in [-0.1, -0.05) is 10.3 Å². The van der Waals surface area contributed by atoms with Crippen LogP contribution in [0.4, 0.5) is 5.82 Å². The Morgan fingerprint density at radius 1 is 1.25 bits per heavy atom. The van der Waals surface area contributed by atoms with Gasteiger partial charge in [0.1, 0.15) is 17.2 Å². The number of nitrogens with zero attached hydrogens (tertiary/aromatic N) is 4. The average molecular weight is 274 g/mol. The third-order valence-electron chi connectivity index (χ3n) is 3.61. The number of anilines is 1. The third kappa shape index (κ3) is 2.93. The van der Waals surface area contributed by atoms with Gasteiger partial charge < -0.3 is 10.6 Å². The first-order valence-corrected chi connectivity index (χ1v) is 6.87. The number of hydrogen-bond donors (Lipinski definition) is 2. The molecular formula is C13H18N6O. The summed E-state index contributed by atoms with van der Waals surface area (Å²) in [6.45, 7) is 4.52. The van der Waals surface area contributed by atoms with Gasteiger partial charge in [0.25, 0.3) is 0 Å². The van der Waals surface area contributed by atoms with Gasteiger partial charge in [0, 0.05) is 5.92 Å². The van der Waals surface area contributed by atoms with Gasteiger partial charge in [0.15, 0.2) is 0 Å². The Hall–Kier alpha value is -2.02. The molecule has 0 bridgehead atoms. The molecule has 0 radical (unpaired) electrons. The predicted octanol–water partition coefficient (Wildman–Crippen LogP) is 1.25. The van der Waals surface area contributed by atoms with Crippen LogP contribution in [0.2, 0.25) is 0 Å². The summed E-state index contributed by atoms with van der Waals surface area (Å²) in [4.78, 5) is 8.92. The molecule has 0 saturated carbocycles. The number of nitrogens with one attached hydrogen (secondary N) is 2. The molecule has 0 amide bonds. The smallest absolute Gasteiger partial charge is 0.144 e. The highest BCUT2D eigenvalue weighted by atomic mass is 16.6. The van der Waals surface area contributed by atoms with E-state index in [2.05, 4.69) is 35.5 Å². The maximum atomic E-state index is 4.65. The van der Waals surface area contributed by atoms with Crippen molar-refractivity contribution in [1.29, 1.82) is 0 Å². The van der Waals surface area contributed by atoms with Crippen LogP contribution in [-0.4, -0.2) is 33.4 Å². The van der Waals surface area contributed by atoms with Crippen molar-refractivity contribution in [2.45, 2.75) is 32.2 Å². The molecule has 0 spiro atoms. The van der Waals surface area contributed by atoms with Crippen LogP contribution in [0.5, 0.6) is 0 Å². The summed E-state index contributed by atoms with van der Waals surface area (Å²) in [7, 11) is 0. The Bertz CT molecular complexity index is 546. The molecule has 2 aromatic rings. The topological polar surface area (TPSA) is 88.8 Å². The van der Waals surface area contributed by atoms with Crippen molar-refractivity contribution in [3.63, 3.8) is 0 Å². The van der Waals surface area contributed by atoms with E-state index in [1.807, 2.05) is 13.1 Å². The third-order valence-corrected chi connectivity index (χ3v) is 3.61. The van der Waals surface area contributed by atoms with E-state index >= 15 is 0 Å². The van der Waals surface area contributed by atoms with Crippen molar-refractivity contribution in [2.75, 3.05) is 18.4 Å². The second-order valence-corrected chi connectivity index (χ2v) is 5.00. The standard InChI is InChI=1S/C13H18N6O/c1-9-11(19-20-18-9)6-16-13-8-15-12(7-17-13)10-2-4-14-5-3-10/h7-8,10,14H,2-6H2,1H3,(H,16,17).